The number of hydrogen-bond acceptors (Lipinski definition) is 3. The van der Waals surface area contributed by atoms with Crippen LogP contribution in [-0.2, 0) is 0 Å². The van der Waals surface area contributed by atoms with Crippen LogP contribution in [0, 0.1) is 3.57 Å². The van der Waals surface area contributed by atoms with Crippen molar-refractivity contribution >= 4 is 34.0 Å². The van der Waals surface area contributed by atoms with Gasteiger partial charge in [-0.05, 0) is 74.1 Å². The van der Waals surface area contributed by atoms with E-state index >= 15 is 0 Å². The third kappa shape index (κ3) is 2.68. The summed E-state index contributed by atoms with van der Waals surface area (Å²) in [5.41, 5.74) is 8.23. The van der Waals surface area contributed by atoms with Crippen LogP contribution in [0.1, 0.15) is 19.3 Å². The minimum atomic E-state index is 0.329. The number of rotatable bonds is 4. The Kier molecular flexibility index (Phi) is 3.82. The van der Waals surface area contributed by atoms with Crippen LogP contribution in [0.15, 0.2) is 18.2 Å². The standard InChI is InChI=1S/C13H20IN3/c1-17(2)13(6-3-7-13)9-16-12-5-4-10(14)8-11(12)15/h4-5,8,16H,3,6-7,9,15H2,1-2H3. The van der Waals surface area contributed by atoms with E-state index in [1.165, 1.54) is 22.8 Å². The second kappa shape index (κ2) is 5.02. The van der Waals surface area contributed by atoms with E-state index in [0.717, 1.165) is 17.9 Å². The van der Waals surface area contributed by atoms with Gasteiger partial charge in [0.05, 0.1) is 11.4 Å². The molecular weight excluding hydrogens is 325 g/mol. The molecule has 0 radical (unpaired) electrons. The highest BCUT2D eigenvalue weighted by molar-refractivity contribution is 14.1. The molecule has 2 rings (SSSR count). The van der Waals surface area contributed by atoms with Crippen LogP contribution in [-0.4, -0.2) is 31.1 Å². The van der Waals surface area contributed by atoms with Gasteiger partial charge in [0, 0.05) is 15.7 Å². The van der Waals surface area contributed by atoms with Crippen molar-refractivity contribution in [3.05, 3.63) is 21.8 Å². The lowest BCUT2D eigenvalue weighted by molar-refractivity contribution is 0.0739. The Morgan fingerprint density at radius 2 is 2.12 bits per heavy atom. The van der Waals surface area contributed by atoms with Crippen molar-refractivity contribution in [1.82, 2.24) is 4.90 Å². The molecule has 0 aromatic heterocycles. The highest BCUT2D eigenvalue weighted by atomic mass is 127. The second-order valence-electron chi connectivity index (χ2n) is 5.06. The zero-order valence-corrected chi connectivity index (χ0v) is 12.6. The van der Waals surface area contributed by atoms with E-state index in [1.54, 1.807) is 0 Å². The average Bonchev–Trinajstić information content (AvgIpc) is 2.18. The number of likely N-dealkylation sites (N-methyl/N-ethyl adjacent to an activating group) is 1. The molecule has 17 heavy (non-hydrogen) atoms. The number of anilines is 2. The highest BCUT2D eigenvalue weighted by Gasteiger charge is 2.38. The van der Waals surface area contributed by atoms with Crippen molar-refractivity contribution in [3.8, 4) is 0 Å². The molecule has 1 aromatic carbocycles. The first kappa shape index (κ1) is 13.0. The predicted molar refractivity (Wildman–Crippen MR) is 82.3 cm³/mol. The summed E-state index contributed by atoms with van der Waals surface area (Å²) >= 11 is 2.28. The minimum Gasteiger partial charge on any atom is -0.397 e. The molecule has 0 saturated heterocycles. The summed E-state index contributed by atoms with van der Waals surface area (Å²) in [5.74, 6) is 0. The lowest BCUT2D eigenvalue weighted by Gasteiger charge is -2.47. The van der Waals surface area contributed by atoms with Gasteiger partial charge in [0.15, 0.2) is 0 Å². The topological polar surface area (TPSA) is 41.3 Å². The van der Waals surface area contributed by atoms with E-state index in [0.29, 0.717) is 5.54 Å². The third-order valence-electron chi connectivity index (χ3n) is 3.85. The van der Waals surface area contributed by atoms with Crippen LogP contribution in [0.2, 0.25) is 0 Å². The highest BCUT2D eigenvalue weighted by Crippen LogP contribution is 2.36. The molecule has 3 N–H and O–H groups in total. The van der Waals surface area contributed by atoms with E-state index < -0.39 is 0 Å². The predicted octanol–water partition coefficient (Wildman–Crippen LogP) is 2.77. The normalized spacial score (nSPS) is 17.9. The summed E-state index contributed by atoms with van der Waals surface area (Å²) in [7, 11) is 4.33. The smallest absolute Gasteiger partial charge is 0.0575 e. The number of nitrogens with zero attached hydrogens (tertiary/aromatic N) is 1. The molecule has 3 nitrogen and oxygen atoms in total. The second-order valence-corrected chi connectivity index (χ2v) is 6.30. The molecule has 0 spiro atoms. The molecule has 0 heterocycles. The lowest BCUT2D eigenvalue weighted by Crippen LogP contribution is -2.54. The molecule has 0 amide bonds. The summed E-state index contributed by atoms with van der Waals surface area (Å²) in [6.07, 6.45) is 3.89. The van der Waals surface area contributed by atoms with Gasteiger partial charge in [0.2, 0.25) is 0 Å². The molecular formula is C13H20IN3. The molecule has 4 heteroatoms. The van der Waals surface area contributed by atoms with Crippen LogP contribution in [0.5, 0.6) is 0 Å². The van der Waals surface area contributed by atoms with E-state index in [2.05, 4.69) is 59.0 Å². The lowest BCUT2D eigenvalue weighted by atomic mass is 9.75. The molecule has 94 valence electrons. The van der Waals surface area contributed by atoms with Gasteiger partial charge in [-0.25, -0.2) is 0 Å². The Labute approximate surface area is 117 Å². The first-order valence-corrected chi connectivity index (χ1v) is 7.08. The summed E-state index contributed by atoms with van der Waals surface area (Å²) in [6.45, 7) is 0.977. The molecule has 0 bridgehead atoms. The first-order chi connectivity index (χ1) is 8.03. The summed E-state index contributed by atoms with van der Waals surface area (Å²) in [4.78, 5) is 2.34. The summed E-state index contributed by atoms with van der Waals surface area (Å²) in [6, 6.07) is 6.16. The summed E-state index contributed by atoms with van der Waals surface area (Å²) < 4.78 is 1.18. The molecule has 1 aliphatic rings. The van der Waals surface area contributed by atoms with Crippen LogP contribution < -0.4 is 11.1 Å². The maximum atomic E-state index is 6.01. The Morgan fingerprint density at radius 1 is 1.41 bits per heavy atom. The van der Waals surface area contributed by atoms with E-state index in [-0.39, 0.29) is 0 Å². The molecule has 1 aliphatic carbocycles. The number of halogens is 1. The number of benzene rings is 1. The maximum Gasteiger partial charge on any atom is 0.0575 e. The van der Waals surface area contributed by atoms with Crippen molar-refractivity contribution in [3.63, 3.8) is 0 Å². The van der Waals surface area contributed by atoms with Crippen LogP contribution in [0.4, 0.5) is 11.4 Å². The minimum absolute atomic E-state index is 0.329. The Balaban J connectivity index is 2.02. The number of nitrogens with two attached hydrogens (primary N) is 1. The fourth-order valence-electron chi connectivity index (χ4n) is 2.32. The monoisotopic (exact) mass is 345 g/mol. The van der Waals surface area contributed by atoms with Crippen molar-refractivity contribution < 1.29 is 0 Å². The Morgan fingerprint density at radius 3 is 2.59 bits per heavy atom. The average molecular weight is 345 g/mol. The van der Waals surface area contributed by atoms with Gasteiger partial charge >= 0.3 is 0 Å². The van der Waals surface area contributed by atoms with Crippen molar-refractivity contribution in [2.45, 2.75) is 24.8 Å². The molecule has 0 atom stereocenters. The van der Waals surface area contributed by atoms with Crippen molar-refractivity contribution in [2.24, 2.45) is 0 Å². The molecule has 1 saturated carbocycles. The van der Waals surface area contributed by atoms with Crippen LogP contribution >= 0.6 is 22.6 Å². The van der Waals surface area contributed by atoms with Gasteiger partial charge in [0.1, 0.15) is 0 Å². The SMILES string of the molecule is CN(C)C1(CNc2ccc(I)cc2N)CCC1. The molecule has 1 fully saturated rings. The van der Waals surface area contributed by atoms with Gasteiger partial charge < -0.3 is 16.0 Å². The zero-order valence-electron chi connectivity index (χ0n) is 10.5. The molecule has 1 aromatic rings. The number of hydrogen-bond donors (Lipinski definition) is 2. The Hall–Kier alpha value is -0.490. The van der Waals surface area contributed by atoms with Crippen LogP contribution in [0.25, 0.3) is 0 Å². The third-order valence-corrected chi connectivity index (χ3v) is 4.53. The first-order valence-electron chi connectivity index (χ1n) is 6.00. The van der Waals surface area contributed by atoms with E-state index in [1.807, 2.05) is 6.07 Å². The van der Waals surface area contributed by atoms with Crippen molar-refractivity contribution in [2.75, 3.05) is 31.7 Å². The molecule has 0 aliphatic heterocycles. The van der Waals surface area contributed by atoms with Crippen molar-refractivity contribution in [1.29, 1.82) is 0 Å². The summed E-state index contributed by atoms with van der Waals surface area (Å²) in [5, 5.41) is 3.49. The maximum absolute atomic E-state index is 6.01. The van der Waals surface area contributed by atoms with E-state index in [4.69, 9.17) is 5.73 Å². The largest absolute Gasteiger partial charge is 0.397 e. The van der Waals surface area contributed by atoms with Gasteiger partial charge in [-0.15, -0.1) is 0 Å². The quantitative estimate of drug-likeness (QED) is 0.651. The Bertz CT molecular complexity index is 400. The molecule has 0 unspecified atom stereocenters. The van der Waals surface area contributed by atoms with Gasteiger partial charge in [-0.1, -0.05) is 0 Å². The zero-order chi connectivity index (χ0) is 12.5. The fraction of sp³-hybridized carbons (Fsp3) is 0.538. The fourth-order valence-corrected chi connectivity index (χ4v) is 2.84. The number of nitrogens with one attached hydrogen (secondary N) is 1. The van der Waals surface area contributed by atoms with Gasteiger partial charge in [0.25, 0.3) is 0 Å². The van der Waals surface area contributed by atoms with Crippen LogP contribution in [0.3, 0.4) is 0 Å². The van der Waals surface area contributed by atoms with Gasteiger partial charge in [-0.2, -0.15) is 0 Å². The van der Waals surface area contributed by atoms with E-state index in [9.17, 15) is 0 Å². The van der Waals surface area contributed by atoms with Gasteiger partial charge in [-0.3, -0.25) is 0 Å². The number of nitrogen functional groups attached to an aromatic ring is 1.